The Bertz CT molecular complexity index is 1150. The molecule has 1 N–H and O–H groups in total. The summed E-state index contributed by atoms with van der Waals surface area (Å²) in [6.07, 6.45) is 1.99. The van der Waals surface area contributed by atoms with Gasteiger partial charge >= 0.3 is 0 Å². The molecule has 0 unspecified atom stereocenters. The Labute approximate surface area is 176 Å². The van der Waals surface area contributed by atoms with Gasteiger partial charge in [0, 0.05) is 12.7 Å². The fourth-order valence-electron chi connectivity index (χ4n) is 3.62. The zero-order chi connectivity index (χ0) is 21.1. The second-order valence-electron chi connectivity index (χ2n) is 7.39. The molecule has 0 saturated carbocycles. The number of nitrogens with zero attached hydrogens (tertiary/aromatic N) is 2. The van der Waals surface area contributed by atoms with Crippen molar-refractivity contribution in [2.75, 3.05) is 0 Å². The number of nitrogens with one attached hydrogen (secondary N) is 1. The van der Waals surface area contributed by atoms with Gasteiger partial charge in [-0.25, -0.2) is 8.42 Å². The molecule has 1 aromatic heterocycles. The SMILES string of the molecule is Cc1ccc(S(=O)(=O)N2Cc3ccccc3C[C@@H]2C(=O)NCc2ccccn2)cc1. The minimum atomic E-state index is -3.84. The first kappa shape index (κ1) is 20.3. The lowest BCUT2D eigenvalue weighted by Gasteiger charge is -2.35. The Morgan fingerprint density at radius 2 is 1.73 bits per heavy atom. The smallest absolute Gasteiger partial charge is 0.244 e. The molecular weight excluding hydrogens is 398 g/mol. The maximum atomic E-state index is 13.4. The maximum Gasteiger partial charge on any atom is 0.244 e. The summed E-state index contributed by atoms with van der Waals surface area (Å²) in [5, 5.41) is 2.85. The predicted octanol–water partition coefficient (Wildman–Crippen LogP) is 2.82. The van der Waals surface area contributed by atoms with Gasteiger partial charge in [0.05, 0.1) is 17.1 Å². The van der Waals surface area contributed by atoms with Crippen molar-refractivity contribution in [1.29, 1.82) is 0 Å². The third-order valence-electron chi connectivity index (χ3n) is 5.31. The molecule has 2 aromatic carbocycles. The minimum Gasteiger partial charge on any atom is -0.349 e. The highest BCUT2D eigenvalue weighted by molar-refractivity contribution is 7.89. The van der Waals surface area contributed by atoms with Crippen molar-refractivity contribution in [3.05, 3.63) is 95.3 Å². The van der Waals surface area contributed by atoms with E-state index in [4.69, 9.17) is 0 Å². The fourth-order valence-corrected chi connectivity index (χ4v) is 5.18. The van der Waals surface area contributed by atoms with Crippen LogP contribution in [0.25, 0.3) is 0 Å². The molecular formula is C23H23N3O3S. The molecule has 1 aliphatic rings. The number of aromatic nitrogens is 1. The van der Waals surface area contributed by atoms with Gasteiger partial charge in [0.1, 0.15) is 6.04 Å². The number of benzene rings is 2. The molecule has 4 rings (SSSR count). The van der Waals surface area contributed by atoms with Crippen molar-refractivity contribution in [2.45, 2.75) is 37.4 Å². The second-order valence-corrected chi connectivity index (χ2v) is 9.28. The van der Waals surface area contributed by atoms with E-state index >= 15 is 0 Å². The Hall–Kier alpha value is -3.03. The number of carbonyl (C=O) groups is 1. The summed E-state index contributed by atoms with van der Waals surface area (Å²) in [6, 6.07) is 19.0. The average Bonchev–Trinajstić information content (AvgIpc) is 2.77. The summed E-state index contributed by atoms with van der Waals surface area (Å²) >= 11 is 0. The lowest BCUT2D eigenvalue weighted by molar-refractivity contribution is -0.125. The van der Waals surface area contributed by atoms with Crippen LogP contribution in [0.5, 0.6) is 0 Å². The zero-order valence-electron chi connectivity index (χ0n) is 16.7. The molecule has 1 aliphatic heterocycles. The summed E-state index contributed by atoms with van der Waals surface area (Å²) in [7, 11) is -3.84. The fraction of sp³-hybridized carbons (Fsp3) is 0.217. The average molecular weight is 422 g/mol. The molecule has 3 aromatic rings. The van der Waals surface area contributed by atoms with Crippen molar-refractivity contribution in [3.8, 4) is 0 Å². The number of fused-ring (bicyclic) bond motifs is 1. The molecule has 0 fully saturated rings. The standard InChI is InChI=1S/C23H23N3O3S/c1-17-9-11-21(12-10-17)30(28,29)26-16-19-7-3-2-6-18(19)14-22(26)23(27)25-15-20-8-4-5-13-24-20/h2-13,22H,14-16H2,1H3,(H,25,27)/t22-/m1/s1. The number of hydrogen-bond donors (Lipinski definition) is 1. The number of amides is 1. The van der Waals surface area contributed by atoms with Crippen molar-refractivity contribution in [1.82, 2.24) is 14.6 Å². The third-order valence-corrected chi connectivity index (χ3v) is 7.17. The van der Waals surface area contributed by atoms with Crippen LogP contribution in [0.2, 0.25) is 0 Å². The molecule has 7 heteroatoms. The van der Waals surface area contributed by atoms with E-state index in [2.05, 4.69) is 10.3 Å². The van der Waals surface area contributed by atoms with Crippen LogP contribution >= 0.6 is 0 Å². The van der Waals surface area contributed by atoms with Crippen LogP contribution in [0.4, 0.5) is 0 Å². The number of hydrogen-bond acceptors (Lipinski definition) is 4. The van der Waals surface area contributed by atoms with Crippen LogP contribution in [0, 0.1) is 6.92 Å². The van der Waals surface area contributed by atoms with E-state index in [0.29, 0.717) is 6.42 Å². The van der Waals surface area contributed by atoms with Crippen molar-refractivity contribution < 1.29 is 13.2 Å². The molecule has 0 aliphatic carbocycles. The third kappa shape index (κ3) is 4.13. The highest BCUT2D eigenvalue weighted by Gasteiger charge is 2.39. The quantitative estimate of drug-likeness (QED) is 0.687. The highest BCUT2D eigenvalue weighted by Crippen LogP contribution is 2.29. The molecule has 0 bridgehead atoms. The van der Waals surface area contributed by atoms with Crippen LogP contribution in [0.15, 0.2) is 77.8 Å². The largest absolute Gasteiger partial charge is 0.349 e. The molecule has 154 valence electrons. The van der Waals surface area contributed by atoms with Gasteiger partial charge < -0.3 is 5.32 Å². The number of sulfonamides is 1. The summed E-state index contributed by atoms with van der Waals surface area (Å²) in [6.45, 7) is 2.31. The van der Waals surface area contributed by atoms with E-state index < -0.39 is 16.1 Å². The van der Waals surface area contributed by atoms with Crippen LogP contribution in [0.1, 0.15) is 22.4 Å². The summed E-state index contributed by atoms with van der Waals surface area (Å²) in [5.41, 5.74) is 3.60. The summed E-state index contributed by atoms with van der Waals surface area (Å²) in [4.78, 5) is 17.5. The topological polar surface area (TPSA) is 79.4 Å². The van der Waals surface area contributed by atoms with Crippen LogP contribution in [-0.2, 0) is 34.3 Å². The number of rotatable bonds is 5. The van der Waals surface area contributed by atoms with Gasteiger partial charge in [0.2, 0.25) is 15.9 Å². The van der Waals surface area contributed by atoms with Crippen LogP contribution in [-0.4, -0.2) is 29.7 Å². The van der Waals surface area contributed by atoms with Crippen molar-refractivity contribution in [3.63, 3.8) is 0 Å². The number of carbonyl (C=O) groups excluding carboxylic acids is 1. The molecule has 0 saturated heterocycles. The van der Waals surface area contributed by atoms with E-state index in [0.717, 1.165) is 22.4 Å². The van der Waals surface area contributed by atoms with E-state index in [1.54, 1.807) is 36.5 Å². The Balaban J connectivity index is 1.65. The van der Waals surface area contributed by atoms with Gasteiger partial charge in [-0.2, -0.15) is 4.31 Å². The predicted molar refractivity (Wildman–Crippen MR) is 114 cm³/mol. The molecule has 0 spiro atoms. The van der Waals surface area contributed by atoms with Gasteiger partial charge in [-0.05, 0) is 48.7 Å². The first-order valence-electron chi connectivity index (χ1n) is 9.78. The van der Waals surface area contributed by atoms with Gasteiger partial charge in [-0.3, -0.25) is 9.78 Å². The zero-order valence-corrected chi connectivity index (χ0v) is 17.5. The lowest BCUT2D eigenvalue weighted by atomic mass is 9.95. The summed E-state index contributed by atoms with van der Waals surface area (Å²) in [5.74, 6) is -0.328. The Morgan fingerprint density at radius 1 is 1.03 bits per heavy atom. The monoisotopic (exact) mass is 421 g/mol. The molecule has 6 nitrogen and oxygen atoms in total. The first-order chi connectivity index (χ1) is 14.4. The van der Waals surface area contributed by atoms with E-state index in [9.17, 15) is 13.2 Å². The van der Waals surface area contributed by atoms with Gasteiger partial charge in [-0.15, -0.1) is 0 Å². The molecule has 1 atom stereocenters. The van der Waals surface area contributed by atoms with E-state index in [1.165, 1.54) is 4.31 Å². The first-order valence-corrected chi connectivity index (χ1v) is 11.2. The van der Waals surface area contributed by atoms with Crippen molar-refractivity contribution in [2.24, 2.45) is 0 Å². The normalized spacial score (nSPS) is 16.6. The molecule has 0 radical (unpaired) electrons. The van der Waals surface area contributed by atoms with Crippen LogP contribution < -0.4 is 5.32 Å². The van der Waals surface area contributed by atoms with E-state index in [-0.39, 0.29) is 23.9 Å². The van der Waals surface area contributed by atoms with Crippen LogP contribution in [0.3, 0.4) is 0 Å². The maximum absolute atomic E-state index is 13.4. The Kier molecular flexibility index (Phi) is 5.65. The van der Waals surface area contributed by atoms with Gasteiger partial charge in [0.15, 0.2) is 0 Å². The lowest BCUT2D eigenvalue weighted by Crippen LogP contribution is -2.52. The Morgan fingerprint density at radius 3 is 2.43 bits per heavy atom. The van der Waals surface area contributed by atoms with E-state index in [1.807, 2.05) is 43.3 Å². The minimum absolute atomic E-state index is 0.161. The van der Waals surface area contributed by atoms with Gasteiger partial charge in [0.25, 0.3) is 0 Å². The second kappa shape index (κ2) is 8.38. The van der Waals surface area contributed by atoms with Crippen molar-refractivity contribution >= 4 is 15.9 Å². The number of aryl methyl sites for hydroxylation is 1. The highest BCUT2D eigenvalue weighted by atomic mass is 32.2. The van der Waals surface area contributed by atoms with Gasteiger partial charge in [-0.1, -0.05) is 48.0 Å². The number of pyridine rings is 1. The summed E-state index contributed by atoms with van der Waals surface area (Å²) < 4.78 is 28.2. The molecule has 30 heavy (non-hydrogen) atoms. The molecule has 2 heterocycles. The molecule has 1 amide bonds.